The van der Waals surface area contributed by atoms with Gasteiger partial charge >= 0.3 is 0 Å². The molecule has 0 aliphatic heterocycles. The minimum Gasteiger partial charge on any atom is -0.497 e. The number of anilines is 1. The fourth-order valence-electron chi connectivity index (χ4n) is 3.47. The Labute approximate surface area is 181 Å². The van der Waals surface area contributed by atoms with Gasteiger partial charge in [-0.25, -0.2) is 4.98 Å². The molecule has 6 heteroatoms. The Morgan fingerprint density at radius 2 is 1.93 bits per heavy atom. The first-order valence-corrected chi connectivity index (χ1v) is 11.1. The second kappa shape index (κ2) is 9.41. The number of ether oxygens (including phenoxy) is 1. The van der Waals surface area contributed by atoms with E-state index in [0.29, 0.717) is 12.5 Å². The van der Waals surface area contributed by atoms with Gasteiger partial charge in [-0.3, -0.25) is 9.69 Å². The fourth-order valence-corrected chi connectivity index (χ4v) is 4.26. The van der Waals surface area contributed by atoms with E-state index < -0.39 is 0 Å². The molecular weight excluding hydrogens is 394 g/mol. The van der Waals surface area contributed by atoms with Crippen LogP contribution in [0.15, 0.2) is 53.9 Å². The second-order valence-corrected chi connectivity index (χ2v) is 8.70. The molecule has 1 amide bonds. The Balaban J connectivity index is 1.35. The third-order valence-corrected chi connectivity index (χ3v) is 6.20. The summed E-state index contributed by atoms with van der Waals surface area (Å²) < 4.78 is 5.25. The number of para-hydroxylation sites is 1. The number of rotatable bonds is 9. The van der Waals surface area contributed by atoms with E-state index in [4.69, 9.17) is 9.72 Å². The molecule has 30 heavy (non-hydrogen) atoms. The zero-order chi connectivity index (χ0) is 20.9. The average molecular weight is 422 g/mol. The lowest BCUT2D eigenvalue weighted by molar-refractivity contribution is -0.115. The maximum absolute atomic E-state index is 12.4. The monoisotopic (exact) mass is 421 g/mol. The number of aryl methyl sites for hydroxylation is 1. The third-order valence-electron chi connectivity index (χ3n) is 5.30. The molecule has 0 saturated heterocycles. The van der Waals surface area contributed by atoms with Crippen molar-refractivity contribution in [2.75, 3.05) is 12.4 Å². The smallest absolute Gasteiger partial charge is 0.231 e. The Bertz CT molecular complexity index is 996. The van der Waals surface area contributed by atoms with E-state index in [1.54, 1.807) is 18.4 Å². The zero-order valence-electron chi connectivity index (χ0n) is 17.4. The molecule has 5 nitrogen and oxygen atoms in total. The van der Waals surface area contributed by atoms with Gasteiger partial charge in [0.1, 0.15) is 10.8 Å². The number of hydrogen-bond donors (Lipinski definition) is 1. The minimum absolute atomic E-state index is 0.0255. The van der Waals surface area contributed by atoms with Crippen LogP contribution in [0.5, 0.6) is 5.75 Å². The summed E-state index contributed by atoms with van der Waals surface area (Å²) in [5.41, 5.74) is 4.23. The van der Waals surface area contributed by atoms with Crippen LogP contribution in [-0.4, -0.2) is 28.9 Å². The molecule has 0 spiro atoms. The summed E-state index contributed by atoms with van der Waals surface area (Å²) in [5.74, 6) is 0.854. The Hall–Kier alpha value is -2.70. The Morgan fingerprint density at radius 1 is 1.17 bits per heavy atom. The van der Waals surface area contributed by atoms with Crippen molar-refractivity contribution in [1.29, 1.82) is 0 Å². The van der Waals surface area contributed by atoms with Gasteiger partial charge in [0.25, 0.3) is 0 Å². The predicted octanol–water partition coefficient (Wildman–Crippen LogP) is 4.81. The average Bonchev–Trinajstić information content (AvgIpc) is 3.51. The molecular formula is C24H27N3O2S. The van der Waals surface area contributed by atoms with Crippen molar-refractivity contribution in [2.24, 2.45) is 0 Å². The van der Waals surface area contributed by atoms with E-state index in [0.717, 1.165) is 40.8 Å². The van der Waals surface area contributed by atoms with Crippen LogP contribution >= 0.6 is 11.3 Å². The molecule has 0 bridgehead atoms. The number of benzene rings is 2. The molecule has 1 aliphatic carbocycles. The maximum Gasteiger partial charge on any atom is 0.231 e. The van der Waals surface area contributed by atoms with Crippen molar-refractivity contribution in [3.05, 3.63) is 75.7 Å². The molecule has 1 aliphatic rings. The van der Waals surface area contributed by atoms with Crippen LogP contribution in [0.1, 0.15) is 34.7 Å². The zero-order valence-corrected chi connectivity index (χ0v) is 18.2. The summed E-state index contributed by atoms with van der Waals surface area (Å²) in [5, 5.41) is 5.93. The first kappa shape index (κ1) is 20.6. The summed E-state index contributed by atoms with van der Waals surface area (Å²) in [7, 11) is 1.69. The number of aromatic nitrogens is 1. The largest absolute Gasteiger partial charge is 0.497 e. The lowest BCUT2D eigenvalue weighted by Gasteiger charge is -2.21. The highest BCUT2D eigenvalue weighted by Crippen LogP contribution is 2.30. The molecule has 1 fully saturated rings. The minimum atomic E-state index is -0.0255. The molecule has 1 saturated carbocycles. The quantitative estimate of drug-likeness (QED) is 0.539. The molecule has 3 aromatic rings. The Morgan fingerprint density at radius 3 is 2.63 bits per heavy atom. The summed E-state index contributed by atoms with van der Waals surface area (Å²) in [6.07, 6.45) is 2.79. The lowest BCUT2D eigenvalue weighted by Crippen LogP contribution is -2.25. The van der Waals surface area contributed by atoms with Crippen LogP contribution in [0.2, 0.25) is 0 Å². The van der Waals surface area contributed by atoms with Crippen LogP contribution in [-0.2, 0) is 24.3 Å². The molecule has 2 aromatic carbocycles. The van der Waals surface area contributed by atoms with Gasteiger partial charge in [0.2, 0.25) is 5.91 Å². The van der Waals surface area contributed by atoms with E-state index in [-0.39, 0.29) is 5.91 Å². The number of methoxy groups -OCH3 is 1. The van der Waals surface area contributed by atoms with Gasteiger partial charge in [0, 0.05) is 30.2 Å². The van der Waals surface area contributed by atoms with Crippen molar-refractivity contribution >= 4 is 22.9 Å². The standard InChI is InChI=1S/C24H27N3O2S/c1-17-5-3-4-6-22(17)26-23(28)13-24-25-19(16-30-24)15-27(20-9-10-20)14-18-7-11-21(29-2)12-8-18/h3-8,11-12,16,20H,9-10,13-15H2,1-2H3,(H,26,28). The first-order valence-electron chi connectivity index (χ1n) is 10.3. The highest BCUT2D eigenvalue weighted by molar-refractivity contribution is 7.09. The summed E-state index contributed by atoms with van der Waals surface area (Å²) in [6, 6.07) is 16.7. The van der Waals surface area contributed by atoms with Crippen molar-refractivity contribution in [2.45, 2.75) is 45.3 Å². The Kier molecular flexibility index (Phi) is 6.45. The molecule has 4 rings (SSSR count). The number of carbonyl (C=O) groups is 1. The van der Waals surface area contributed by atoms with Crippen molar-refractivity contribution in [3.63, 3.8) is 0 Å². The van der Waals surface area contributed by atoms with Crippen molar-refractivity contribution < 1.29 is 9.53 Å². The van der Waals surface area contributed by atoms with Gasteiger partial charge in [0.15, 0.2) is 0 Å². The fraction of sp³-hybridized carbons (Fsp3) is 0.333. The summed E-state index contributed by atoms with van der Waals surface area (Å²) >= 11 is 1.56. The summed E-state index contributed by atoms with van der Waals surface area (Å²) in [4.78, 5) is 19.6. The van der Waals surface area contributed by atoms with E-state index in [1.807, 2.05) is 43.3 Å². The molecule has 156 valence electrons. The van der Waals surface area contributed by atoms with Gasteiger partial charge in [-0.2, -0.15) is 0 Å². The number of carbonyl (C=O) groups excluding carboxylic acids is 1. The van der Waals surface area contributed by atoms with E-state index >= 15 is 0 Å². The van der Waals surface area contributed by atoms with E-state index in [9.17, 15) is 4.79 Å². The van der Waals surface area contributed by atoms with Crippen LogP contribution in [0.25, 0.3) is 0 Å². The van der Waals surface area contributed by atoms with E-state index in [1.165, 1.54) is 18.4 Å². The van der Waals surface area contributed by atoms with Gasteiger partial charge in [-0.1, -0.05) is 30.3 Å². The number of nitrogens with one attached hydrogen (secondary N) is 1. The van der Waals surface area contributed by atoms with Crippen molar-refractivity contribution in [3.8, 4) is 5.75 Å². The van der Waals surface area contributed by atoms with Crippen LogP contribution in [0.3, 0.4) is 0 Å². The second-order valence-electron chi connectivity index (χ2n) is 7.76. The molecule has 1 aromatic heterocycles. The van der Waals surface area contributed by atoms with Gasteiger partial charge in [0.05, 0.1) is 19.2 Å². The van der Waals surface area contributed by atoms with E-state index in [2.05, 4.69) is 27.7 Å². The first-order chi connectivity index (χ1) is 14.6. The third kappa shape index (κ3) is 5.46. The highest BCUT2D eigenvalue weighted by Gasteiger charge is 2.29. The van der Waals surface area contributed by atoms with Gasteiger partial charge < -0.3 is 10.1 Å². The topological polar surface area (TPSA) is 54.5 Å². The van der Waals surface area contributed by atoms with Gasteiger partial charge in [-0.05, 0) is 49.1 Å². The van der Waals surface area contributed by atoms with Crippen molar-refractivity contribution in [1.82, 2.24) is 9.88 Å². The van der Waals surface area contributed by atoms with Crippen LogP contribution < -0.4 is 10.1 Å². The molecule has 0 atom stereocenters. The number of nitrogens with zero attached hydrogens (tertiary/aromatic N) is 2. The SMILES string of the molecule is COc1ccc(CN(Cc2csc(CC(=O)Nc3ccccc3C)n2)C2CC2)cc1. The van der Waals surface area contributed by atoms with Crippen LogP contribution in [0, 0.1) is 6.92 Å². The molecule has 0 radical (unpaired) electrons. The predicted molar refractivity (Wildman–Crippen MR) is 121 cm³/mol. The highest BCUT2D eigenvalue weighted by atomic mass is 32.1. The molecule has 1 N–H and O–H groups in total. The normalized spacial score (nSPS) is 13.4. The van der Waals surface area contributed by atoms with Crippen LogP contribution in [0.4, 0.5) is 5.69 Å². The van der Waals surface area contributed by atoms with Gasteiger partial charge in [-0.15, -0.1) is 11.3 Å². The molecule has 0 unspecified atom stereocenters. The number of amides is 1. The summed E-state index contributed by atoms with van der Waals surface area (Å²) in [6.45, 7) is 3.70. The molecule has 1 heterocycles. The number of thiazole rings is 1. The number of hydrogen-bond acceptors (Lipinski definition) is 5. The lowest BCUT2D eigenvalue weighted by atomic mass is 10.2. The maximum atomic E-state index is 12.4.